The quantitative estimate of drug-likeness (QED) is 0.147. The van der Waals surface area contributed by atoms with Crippen LogP contribution in [0.4, 0.5) is 17.2 Å². The first-order valence-electron chi connectivity index (χ1n) is 16.1. The molecule has 0 atom stereocenters. The normalized spacial score (nSPS) is 11.8. The van der Waals surface area contributed by atoms with Crippen LogP contribution in [0, 0.1) is 13.8 Å². The third kappa shape index (κ3) is 3.96. The number of rotatable bonds is 4. The number of aryl methyl sites for hydroxylation is 3. The van der Waals surface area contributed by atoms with Crippen molar-refractivity contribution < 1.29 is 13.7 Å². The number of para-hydroxylation sites is 2. The molecule has 0 saturated heterocycles. The van der Waals surface area contributed by atoms with Crippen LogP contribution in [0.5, 0.6) is 0 Å². The monoisotopic (exact) mass is 610 g/mol. The third-order valence-corrected chi connectivity index (χ3v) is 9.80. The molecule has 0 aliphatic carbocycles. The molecule has 0 amide bonds. The van der Waals surface area contributed by atoms with Crippen molar-refractivity contribution in [3.05, 3.63) is 145 Å². The molecule has 226 valence electrons. The topological polar surface area (TPSA) is 28.6 Å². The molecule has 4 aromatic heterocycles. The highest BCUT2D eigenvalue weighted by atomic mass is 16.3. The molecule has 0 N–H and O–H groups in total. The number of furan rings is 1. The van der Waals surface area contributed by atoms with Crippen LogP contribution in [-0.4, -0.2) is 4.52 Å². The van der Waals surface area contributed by atoms with Crippen molar-refractivity contribution in [1.82, 2.24) is 4.52 Å². The Morgan fingerprint density at radius 3 is 2.17 bits per heavy atom. The minimum atomic E-state index is 0.905. The first-order valence-corrected chi connectivity index (χ1v) is 16.1. The van der Waals surface area contributed by atoms with Crippen LogP contribution in [0.15, 0.2) is 138 Å². The van der Waals surface area contributed by atoms with E-state index < -0.39 is 0 Å². The van der Waals surface area contributed by atoms with Gasteiger partial charge in [-0.3, -0.25) is 0 Å². The van der Waals surface area contributed by atoms with Crippen LogP contribution in [0.25, 0.3) is 60.4 Å². The lowest BCUT2D eigenvalue weighted by Gasteiger charge is -2.22. The van der Waals surface area contributed by atoms with E-state index in [0.717, 1.165) is 50.4 Å². The van der Waals surface area contributed by atoms with Crippen LogP contribution in [-0.2, 0) is 14.1 Å². The fourth-order valence-electron chi connectivity index (χ4n) is 7.56. The van der Waals surface area contributed by atoms with Gasteiger partial charge in [-0.2, -0.15) is 4.90 Å². The number of nitrogens with zero attached hydrogens (tertiary/aromatic N) is 4. The van der Waals surface area contributed by atoms with Crippen molar-refractivity contribution in [1.29, 1.82) is 0 Å². The summed E-state index contributed by atoms with van der Waals surface area (Å²) in [6.45, 7) is 4.43. The van der Waals surface area contributed by atoms with Gasteiger partial charge in [-0.05, 0) is 67.3 Å². The molecule has 5 aromatic carbocycles. The lowest BCUT2D eigenvalue weighted by molar-refractivity contribution is -0.735. The molecule has 5 nitrogen and oxygen atoms in total. The summed E-state index contributed by atoms with van der Waals surface area (Å²) in [7, 11) is 4.28. The molecule has 0 radical (unpaired) electrons. The number of pyridine rings is 2. The van der Waals surface area contributed by atoms with Crippen molar-refractivity contribution in [3.63, 3.8) is 0 Å². The SMILES string of the molecule is Cc1ccc2c(oc3ccccc32)c1-c1cccc(N(c2ccccc2)c2ccc3c4ccccc4c4cc[n+](C)n4c3c2C)[n+]1C. The van der Waals surface area contributed by atoms with E-state index in [4.69, 9.17) is 4.42 Å². The van der Waals surface area contributed by atoms with Gasteiger partial charge in [0.25, 0.3) is 5.82 Å². The maximum Gasteiger partial charge on any atom is 0.287 e. The minimum absolute atomic E-state index is 0.905. The molecule has 0 fully saturated rings. The summed E-state index contributed by atoms with van der Waals surface area (Å²) in [4.78, 5) is 2.39. The minimum Gasteiger partial charge on any atom is -0.455 e. The number of anilines is 3. The number of hydrogen-bond acceptors (Lipinski definition) is 2. The van der Waals surface area contributed by atoms with Gasteiger partial charge < -0.3 is 4.42 Å². The number of benzene rings is 5. The molecule has 4 heterocycles. The van der Waals surface area contributed by atoms with E-state index in [1.807, 2.05) is 6.07 Å². The Labute approximate surface area is 272 Å². The van der Waals surface area contributed by atoms with Crippen LogP contribution in [0.2, 0.25) is 0 Å². The highest BCUT2D eigenvalue weighted by molar-refractivity contribution is 6.14. The molecule has 0 saturated carbocycles. The number of hydrogen-bond donors (Lipinski definition) is 0. The molecule has 47 heavy (non-hydrogen) atoms. The Morgan fingerprint density at radius 2 is 1.34 bits per heavy atom. The second kappa shape index (κ2) is 10.3. The summed E-state index contributed by atoms with van der Waals surface area (Å²) >= 11 is 0. The zero-order valence-corrected chi connectivity index (χ0v) is 26.9. The fraction of sp³-hybridized carbons (Fsp3) is 0.0952. The molecule has 9 rings (SSSR count). The van der Waals surface area contributed by atoms with Crippen LogP contribution in [0.1, 0.15) is 11.1 Å². The largest absolute Gasteiger partial charge is 0.455 e. The first kappa shape index (κ1) is 27.4. The Bertz CT molecular complexity index is 2680. The average Bonchev–Trinajstić information content (AvgIpc) is 3.68. The predicted molar refractivity (Wildman–Crippen MR) is 192 cm³/mol. The highest BCUT2D eigenvalue weighted by Crippen LogP contribution is 2.41. The van der Waals surface area contributed by atoms with Gasteiger partial charge in [0, 0.05) is 39.2 Å². The molecule has 0 spiro atoms. The lowest BCUT2D eigenvalue weighted by Crippen LogP contribution is -2.38. The number of aromatic nitrogens is 3. The van der Waals surface area contributed by atoms with Crippen LogP contribution < -0.4 is 14.1 Å². The summed E-state index contributed by atoms with van der Waals surface area (Å²) in [5.74, 6) is 1.05. The zero-order chi connectivity index (χ0) is 31.8. The van der Waals surface area contributed by atoms with Gasteiger partial charge in [0.2, 0.25) is 0 Å². The molecule has 0 aliphatic rings. The van der Waals surface area contributed by atoms with Gasteiger partial charge in [-0.1, -0.05) is 72.8 Å². The fourth-order valence-corrected chi connectivity index (χ4v) is 7.56. The molecule has 0 unspecified atom stereocenters. The van der Waals surface area contributed by atoms with Gasteiger partial charge in [0.15, 0.2) is 13.2 Å². The Hall–Kier alpha value is -5.94. The first-order chi connectivity index (χ1) is 23.0. The molecule has 5 heteroatoms. The molecule has 0 aliphatic heterocycles. The average molecular weight is 611 g/mol. The molecule has 9 aromatic rings. The molecular weight excluding hydrogens is 576 g/mol. The van der Waals surface area contributed by atoms with E-state index in [9.17, 15) is 0 Å². The summed E-state index contributed by atoms with van der Waals surface area (Å²) < 4.78 is 13.4. The van der Waals surface area contributed by atoms with Gasteiger partial charge in [0.05, 0.1) is 12.6 Å². The molecule has 0 bridgehead atoms. The van der Waals surface area contributed by atoms with Crippen molar-refractivity contribution in [2.45, 2.75) is 13.8 Å². The van der Waals surface area contributed by atoms with Crippen molar-refractivity contribution in [2.24, 2.45) is 14.1 Å². The summed E-state index contributed by atoms with van der Waals surface area (Å²) in [6, 6.07) is 45.4. The van der Waals surface area contributed by atoms with E-state index >= 15 is 0 Å². The lowest BCUT2D eigenvalue weighted by atomic mass is 10.00. The van der Waals surface area contributed by atoms with Crippen molar-refractivity contribution in [3.8, 4) is 11.3 Å². The number of fused-ring (bicyclic) bond motifs is 9. The second-order valence-electron chi connectivity index (χ2n) is 12.5. The smallest absolute Gasteiger partial charge is 0.287 e. The Kier molecular flexibility index (Phi) is 6.00. The van der Waals surface area contributed by atoms with E-state index in [0.29, 0.717) is 0 Å². The van der Waals surface area contributed by atoms with E-state index in [-0.39, 0.29) is 0 Å². The third-order valence-electron chi connectivity index (χ3n) is 9.80. The maximum atomic E-state index is 6.56. The molecular formula is C42H34N4O+2. The maximum absolute atomic E-state index is 6.56. The van der Waals surface area contributed by atoms with Crippen LogP contribution in [0.3, 0.4) is 0 Å². The van der Waals surface area contributed by atoms with Crippen molar-refractivity contribution in [2.75, 3.05) is 4.90 Å². The van der Waals surface area contributed by atoms with Gasteiger partial charge in [0.1, 0.15) is 39.3 Å². The van der Waals surface area contributed by atoms with E-state index in [2.05, 4.69) is 174 Å². The van der Waals surface area contributed by atoms with Crippen molar-refractivity contribution >= 4 is 66.3 Å². The second-order valence-corrected chi connectivity index (χ2v) is 12.5. The zero-order valence-electron chi connectivity index (χ0n) is 26.9. The van der Waals surface area contributed by atoms with Gasteiger partial charge in [-0.25, -0.2) is 4.57 Å². The highest BCUT2D eigenvalue weighted by Gasteiger charge is 2.30. The summed E-state index contributed by atoms with van der Waals surface area (Å²) in [6.07, 6.45) is 2.15. The van der Waals surface area contributed by atoms with Gasteiger partial charge in [-0.15, -0.1) is 9.20 Å². The Balaban J connectivity index is 1.33. The Morgan fingerprint density at radius 1 is 0.617 bits per heavy atom. The predicted octanol–water partition coefficient (Wildman–Crippen LogP) is 9.55. The van der Waals surface area contributed by atoms with Gasteiger partial charge >= 0.3 is 0 Å². The summed E-state index contributed by atoms with van der Waals surface area (Å²) in [5.41, 5.74) is 11.0. The van der Waals surface area contributed by atoms with E-state index in [1.165, 1.54) is 38.3 Å². The summed E-state index contributed by atoms with van der Waals surface area (Å²) in [5, 5.41) is 6.02. The van der Waals surface area contributed by atoms with E-state index in [1.54, 1.807) is 0 Å². The van der Waals surface area contributed by atoms with Crippen LogP contribution >= 0.6 is 0 Å². The standard InChI is InChI=1S/C42H34N4O/c1-27-21-22-34-32-17-10-11-19-38(32)47-42(34)40(27)37-18-12-20-39(44(37)4)45(29-13-6-5-7-14-29)35-24-23-33-30-15-8-9-16-31(30)36-25-26-43(3)46(36)41(33)28(35)2/h5-26H,1-4H3/q+2.